The van der Waals surface area contributed by atoms with Gasteiger partial charge in [-0.2, -0.15) is 12.7 Å². The molecule has 0 saturated carbocycles. The summed E-state index contributed by atoms with van der Waals surface area (Å²) in [7, 11) is -3.26. The SMILES string of the molecule is CCCNC1CCN(S(=O)(=O)NCC)CC1CC. The molecule has 0 aromatic carbocycles. The minimum absolute atomic E-state index is 0.415. The molecule has 0 radical (unpaired) electrons. The van der Waals surface area contributed by atoms with E-state index in [0.717, 1.165) is 25.8 Å². The zero-order chi connectivity index (χ0) is 13.6. The smallest absolute Gasteiger partial charge is 0.279 e. The molecule has 0 spiro atoms. The van der Waals surface area contributed by atoms with Crippen LogP contribution in [0, 0.1) is 5.92 Å². The quantitative estimate of drug-likeness (QED) is 0.728. The first-order valence-electron chi connectivity index (χ1n) is 7.03. The highest BCUT2D eigenvalue weighted by Crippen LogP contribution is 2.21. The predicted octanol–water partition coefficient (Wildman–Crippen LogP) is 0.941. The van der Waals surface area contributed by atoms with E-state index >= 15 is 0 Å². The summed E-state index contributed by atoms with van der Waals surface area (Å²) in [6, 6.07) is 0.461. The molecule has 1 fully saturated rings. The van der Waals surface area contributed by atoms with Crippen LogP contribution in [-0.4, -0.2) is 44.9 Å². The Morgan fingerprint density at radius 2 is 2.00 bits per heavy atom. The Hall–Kier alpha value is -0.170. The van der Waals surface area contributed by atoms with E-state index in [1.807, 2.05) is 6.92 Å². The van der Waals surface area contributed by atoms with Gasteiger partial charge in [0.05, 0.1) is 0 Å². The molecule has 18 heavy (non-hydrogen) atoms. The van der Waals surface area contributed by atoms with Crippen molar-refractivity contribution in [1.82, 2.24) is 14.3 Å². The molecule has 6 heteroatoms. The normalized spacial score (nSPS) is 26.4. The Morgan fingerprint density at radius 1 is 1.28 bits per heavy atom. The summed E-state index contributed by atoms with van der Waals surface area (Å²) in [4.78, 5) is 0. The molecule has 1 saturated heterocycles. The van der Waals surface area contributed by atoms with Crippen LogP contribution < -0.4 is 10.0 Å². The zero-order valence-corrected chi connectivity index (χ0v) is 12.6. The minimum Gasteiger partial charge on any atom is -0.314 e. The van der Waals surface area contributed by atoms with Crippen molar-refractivity contribution in [2.45, 2.75) is 46.1 Å². The fourth-order valence-electron chi connectivity index (χ4n) is 2.50. The molecule has 1 aliphatic rings. The van der Waals surface area contributed by atoms with E-state index in [2.05, 4.69) is 23.9 Å². The third kappa shape index (κ3) is 4.19. The predicted molar refractivity (Wildman–Crippen MR) is 74.6 cm³/mol. The maximum atomic E-state index is 12.0. The van der Waals surface area contributed by atoms with Crippen molar-refractivity contribution in [2.24, 2.45) is 5.92 Å². The summed E-state index contributed by atoms with van der Waals surface area (Å²) in [5.74, 6) is 0.415. The molecule has 2 atom stereocenters. The molecule has 5 nitrogen and oxygen atoms in total. The van der Waals surface area contributed by atoms with E-state index in [1.165, 1.54) is 0 Å². The van der Waals surface area contributed by atoms with Gasteiger partial charge < -0.3 is 5.32 Å². The number of nitrogens with zero attached hydrogens (tertiary/aromatic N) is 1. The number of hydrogen-bond donors (Lipinski definition) is 2. The van der Waals surface area contributed by atoms with Crippen LogP contribution in [-0.2, 0) is 10.2 Å². The highest BCUT2D eigenvalue weighted by molar-refractivity contribution is 7.87. The van der Waals surface area contributed by atoms with E-state index in [4.69, 9.17) is 0 Å². The van der Waals surface area contributed by atoms with Gasteiger partial charge in [-0.3, -0.25) is 0 Å². The topological polar surface area (TPSA) is 61.4 Å². The highest BCUT2D eigenvalue weighted by Gasteiger charge is 2.33. The Kier molecular flexibility index (Phi) is 6.55. The van der Waals surface area contributed by atoms with Crippen molar-refractivity contribution in [3.05, 3.63) is 0 Å². The summed E-state index contributed by atoms with van der Waals surface area (Å²) in [6.45, 7) is 8.81. The second kappa shape index (κ2) is 7.43. The van der Waals surface area contributed by atoms with Gasteiger partial charge in [0.15, 0.2) is 0 Å². The standard InChI is InChI=1S/C12H27N3O2S/c1-4-8-13-12-7-9-15(10-11(12)5-2)18(16,17)14-6-3/h11-14H,4-10H2,1-3H3. The number of nitrogens with one attached hydrogen (secondary N) is 2. The van der Waals surface area contributed by atoms with Crippen LogP contribution in [0.5, 0.6) is 0 Å². The average Bonchev–Trinajstić information content (AvgIpc) is 2.36. The average molecular weight is 277 g/mol. The second-order valence-corrected chi connectivity index (χ2v) is 6.63. The van der Waals surface area contributed by atoms with Gasteiger partial charge in [-0.15, -0.1) is 0 Å². The van der Waals surface area contributed by atoms with Crippen molar-refractivity contribution in [1.29, 1.82) is 0 Å². The summed E-state index contributed by atoms with van der Waals surface area (Å²) in [6.07, 6.45) is 3.04. The summed E-state index contributed by atoms with van der Waals surface area (Å²) in [5, 5.41) is 3.53. The molecule has 0 aromatic rings. The highest BCUT2D eigenvalue weighted by atomic mass is 32.2. The molecule has 2 N–H and O–H groups in total. The van der Waals surface area contributed by atoms with Gasteiger partial charge >= 0.3 is 0 Å². The van der Waals surface area contributed by atoms with Gasteiger partial charge in [0.1, 0.15) is 0 Å². The molecule has 2 unspecified atom stereocenters. The lowest BCUT2D eigenvalue weighted by atomic mass is 9.91. The molecule has 0 bridgehead atoms. The maximum Gasteiger partial charge on any atom is 0.279 e. The van der Waals surface area contributed by atoms with Gasteiger partial charge in [-0.1, -0.05) is 27.2 Å². The lowest BCUT2D eigenvalue weighted by molar-refractivity contribution is 0.201. The molecule has 0 aromatic heterocycles. The largest absolute Gasteiger partial charge is 0.314 e. The molecule has 108 valence electrons. The molecule has 0 amide bonds. The summed E-state index contributed by atoms with van der Waals surface area (Å²) < 4.78 is 28.1. The molecule has 1 aliphatic heterocycles. The first kappa shape index (κ1) is 15.9. The van der Waals surface area contributed by atoms with Crippen molar-refractivity contribution in [3.63, 3.8) is 0 Å². The molecule has 0 aliphatic carbocycles. The van der Waals surface area contributed by atoms with Crippen LogP contribution in [0.15, 0.2) is 0 Å². The zero-order valence-electron chi connectivity index (χ0n) is 11.8. The van der Waals surface area contributed by atoms with Crippen LogP contribution in [0.4, 0.5) is 0 Å². The number of hydrogen-bond acceptors (Lipinski definition) is 3. The Morgan fingerprint density at radius 3 is 2.56 bits per heavy atom. The van der Waals surface area contributed by atoms with Crippen molar-refractivity contribution < 1.29 is 8.42 Å². The maximum absolute atomic E-state index is 12.0. The Balaban J connectivity index is 2.60. The van der Waals surface area contributed by atoms with E-state index in [1.54, 1.807) is 4.31 Å². The lowest BCUT2D eigenvalue weighted by Gasteiger charge is -2.37. The van der Waals surface area contributed by atoms with Gasteiger partial charge in [-0.25, -0.2) is 4.72 Å². The summed E-state index contributed by atoms with van der Waals surface area (Å²) >= 11 is 0. The first-order valence-corrected chi connectivity index (χ1v) is 8.47. The van der Waals surface area contributed by atoms with E-state index in [-0.39, 0.29) is 0 Å². The van der Waals surface area contributed by atoms with Crippen LogP contribution in [0.1, 0.15) is 40.0 Å². The minimum atomic E-state index is -3.26. The van der Waals surface area contributed by atoms with Gasteiger partial charge in [0.2, 0.25) is 0 Å². The number of piperidine rings is 1. The van der Waals surface area contributed by atoms with Gasteiger partial charge in [0, 0.05) is 25.7 Å². The van der Waals surface area contributed by atoms with Gasteiger partial charge in [-0.05, 0) is 25.3 Å². The third-order valence-corrected chi connectivity index (χ3v) is 5.21. The van der Waals surface area contributed by atoms with Crippen molar-refractivity contribution in [2.75, 3.05) is 26.2 Å². The van der Waals surface area contributed by atoms with Gasteiger partial charge in [0.25, 0.3) is 10.2 Å². The molecular formula is C12H27N3O2S. The van der Waals surface area contributed by atoms with E-state index in [9.17, 15) is 8.42 Å². The van der Waals surface area contributed by atoms with Crippen molar-refractivity contribution in [3.8, 4) is 0 Å². The van der Waals surface area contributed by atoms with Crippen molar-refractivity contribution >= 4 is 10.2 Å². The Bertz CT molecular complexity index is 332. The summed E-state index contributed by atoms with van der Waals surface area (Å²) in [5.41, 5.74) is 0. The first-order chi connectivity index (χ1) is 8.55. The fourth-order valence-corrected chi connectivity index (χ4v) is 3.78. The van der Waals surface area contributed by atoms with Crippen LogP contribution in [0.2, 0.25) is 0 Å². The third-order valence-electron chi connectivity index (χ3n) is 3.54. The fraction of sp³-hybridized carbons (Fsp3) is 1.00. The van der Waals surface area contributed by atoms with Crippen LogP contribution in [0.3, 0.4) is 0 Å². The molecule has 1 heterocycles. The van der Waals surface area contributed by atoms with Crippen LogP contribution in [0.25, 0.3) is 0 Å². The van der Waals surface area contributed by atoms with E-state index < -0.39 is 10.2 Å². The Labute approximate surface area is 112 Å². The lowest BCUT2D eigenvalue weighted by Crippen LogP contribution is -2.53. The van der Waals surface area contributed by atoms with E-state index in [0.29, 0.717) is 31.6 Å². The second-order valence-electron chi connectivity index (χ2n) is 4.88. The number of rotatable bonds is 7. The van der Waals surface area contributed by atoms with Crippen LogP contribution >= 0.6 is 0 Å². The monoisotopic (exact) mass is 277 g/mol. The molecule has 1 rings (SSSR count). The molecular weight excluding hydrogens is 250 g/mol.